The van der Waals surface area contributed by atoms with Crippen molar-refractivity contribution in [3.05, 3.63) is 10.6 Å². The highest BCUT2D eigenvalue weighted by Crippen LogP contribution is 2.24. The van der Waals surface area contributed by atoms with E-state index < -0.39 is 0 Å². The zero-order chi connectivity index (χ0) is 10.8. The molecular weight excluding hydrogens is 258 g/mol. The Kier molecular flexibility index (Phi) is 3.46. The Balaban J connectivity index is 1.93. The van der Waals surface area contributed by atoms with Gasteiger partial charge in [-0.2, -0.15) is 0 Å². The van der Waals surface area contributed by atoms with Crippen LogP contribution in [-0.4, -0.2) is 36.6 Å². The number of carbonyl (C=O) groups is 1. The minimum Gasteiger partial charge on any atom is -0.378 e. The van der Waals surface area contributed by atoms with Gasteiger partial charge in [-0.3, -0.25) is 4.79 Å². The van der Waals surface area contributed by atoms with Gasteiger partial charge in [0.15, 0.2) is 0 Å². The average molecular weight is 274 g/mol. The van der Waals surface area contributed by atoms with E-state index in [0.29, 0.717) is 6.61 Å². The zero-order valence-corrected chi connectivity index (χ0v) is 10.5. The van der Waals surface area contributed by atoms with Crippen LogP contribution in [0, 0.1) is 5.92 Å². The van der Waals surface area contributed by atoms with E-state index in [1.54, 1.807) is 0 Å². The van der Waals surface area contributed by atoms with Gasteiger partial charge in [0.2, 0.25) is 5.91 Å². The van der Waals surface area contributed by atoms with Crippen molar-refractivity contribution < 1.29 is 9.53 Å². The monoisotopic (exact) mass is 273 g/mol. The Morgan fingerprint density at radius 3 is 3.07 bits per heavy atom. The molecule has 3 nitrogen and oxygen atoms in total. The maximum atomic E-state index is 12.1. The molecule has 2 rings (SSSR count). The Morgan fingerprint density at radius 1 is 1.67 bits per heavy atom. The lowest BCUT2D eigenvalue weighted by atomic mass is 10.0. The van der Waals surface area contributed by atoms with Gasteiger partial charge in [-0.1, -0.05) is 22.0 Å². The fourth-order valence-corrected chi connectivity index (χ4v) is 2.67. The van der Waals surface area contributed by atoms with Crippen LogP contribution in [0.25, 0.3) is 0 Å². The lowest BCUT2D eigenvalue weighted by molar-refractivity contribution is -0.135. The van der Waals surface area contributed by atoms with E-state index in [4.69, 9.17) is 4.74 Å². The van der Waals surface area contributed by atoms with Crippen molar-refractivity contribution in [3.8, 4) is 0 Å². The van der Waals surface area contributed by atoms with Crippen LogP contribution in [0.15, 0.2) is 10.6 Å². The number of hydrogen-bond acceptors (Lipinski definition) is 2. The standard InChI is InChI=1S/C11H16BrNO2/c1-8-5-9(7-15-8)11(14)13-4-2-3-10(12)6-13/h3,8-9H,2,4-7H2,1H3. The molecule has 1 saturated heterocycles. The molecule has 2 aliphatic rings. The van der Waals surface area contributed by atoms with Crippen LogP contribution in [0.3, 0.4) is 0 Å². The van der Waals surface area contributed by atoms with E-state index in [2.05, 4.69) is 22.0 Å². The number of ether oxygens (including phenoxy) is 1. The van der Waals surface area contributed by atoms with E-state index in [0.717, 1.165) is 30.4 Å². The molecule has 2 unspecified atom stereocenters. The Morgan fingerprint density at radius 2 is 2.47 bits per heavy atom. The van der Waals surface area contributed by atoms with Crippen molar-refractivity contribution in [1.82, 2.24) is 4.90 Å². The molecule has 0 aromatic carbocycles. The van der Waals surface area contributed by atoms with Crippen molar-refractivity contribution >= 4 is 21.8 Å². The van der Waals surface area contributed by atoms with Gasteiger partial charge in [-0.15, -0.1) is 0 Å². The van der Waals surface area contributed by atoms with Crippen LogP contribution in [-0.2, 0) is 9.53 Å². The maximum absolute atomic E-state index is 12.1. The number of halogens is 1. The van der Waals surface area contributed by atoms with Crippen molar-refractivity contribution in [1.29, 1.82) is 0 Å². The Labute approximate surface area is 98.6 Å². The van der Waals surface area contributed by atoms with Crippen LogP contribution in [0.2, 0.25) is 0 Å². The van der Waals surface area contributed by atoms with Gasteiger partial charge >= 0.3 is 0 Å². The molecule has 2 aliphatic heterocycles. The molecule has 0 aliphatic carbocycles. The van der Waals surface area contributed by atoms with Gasteiger partial charge in [0.05, 0.1) is 25.2 Å². The van der Waals surface area contributed by atoms with E-state index in [-0.39, 0.29) is 17.9 Å². The number of rotatable bonds is 1. The van der Waals surface area contributed by atoms with Crippen molar-refractivity contribution in [2.24, 2.45) is 5.92 Å². The molecule has 15 heavy (non-hydrogen) atoms. The summed E-state index contributed by atoms with van der Waals surface area (Å²) in [4.78, 5) is 14.0. The number of nitrogens with zero attached hydrogens (tertiary/aromatic N) is 1. The van der Waals surface area contributed by atoms with Gasteiger partial charge in [-0.25, -0.2) is 0 Å². The first kappa shape index (κ1) is 11.1. The highest BCUT2D eigenvalue weighted by Gasteiger charge is 2.31. The second-order valence-corrected chi connectivity index (χ2v) is 5.29. The SMILES string of the molecule is CC1CC(C(=O)N2CCC=C(Br)C2)CO1. The summed E-state index contributed by atoms with van der Waals surface area (Å²) in [5, 5.41) is 0. The molecule has 84 valence electrons. The van der Waals surface area contributed by atoms with Crippen LogP contribution < -0.4 is 0 Å². The normalized spacial score (nSPS) is 31.6. The third kappa shape index (κ3) is 2.61. The van der Waals surface area contributed by atoms with E-state index in [1.807, 2.05) is 11.8 Å². The fourth-order valence-electron chi connectivity index (χ4n) is 2.14. The molecular formula is C11H16BrNO2. The summed E-state index contributed by atoms with van der Waals surface area (Å²) in [5.74, 6) is 0.336. The van der Waals surface area contributed by atoms with Crippen LogP contribution in [0.4, 0.5) is 0 Å². The second-order valence-electron chi connectivity index (χ2n) is 4.28. The molecule has 0 bridgehead atoms. The Hall–Kier alpha value is -0.350. The van der Waals surface area contributed by atoms with Gasteiger partial charge in [0.25, 0.3) is 0 Å². The minimum absolute atomic E-state index is 0.0819. The summed E-state index contributed by atoms with van der Waals surface area (Å²) in [5.41, 5.74) is 0. The summed E-state index contributed by atoms with van der Waals surface area (Å²) >= 11 is 3.45. The molecule has 0 aromatic heterocycles. The smallest absolute Gasteiger partial charge is 0.228 e. The molecule has 2 heterocycles. The molecule has 0 aromatic rings. The summed E-state index contributed by atoms with van der Waals surface area (Å²) in [7, 11) is 0. The topological polar surface area (TPSA) is 29.5 Å². The lowest BCUT2D eigenvalue weighted by Crippen LogP contribution is -2.39. The second kappa shape index (κ2) is 4.66. The number of hydrogen-bond donors (Lipinski definition) is 0. The Bertz CT molecular complexity index is 290. The van der Waals surface area contributed by atoms with E-state index >= 15 is 0 Å². The van der Waals surface area contributed by atoms with Crippen LogP contribution >= 0.6 is 15.9 Å². The number of carbonyl (C=O) groups excluding carboxylic acids is 1. The molecule has 4 heteroatoms. The summed E-state index contributed by atoms with van der Waals surface area (Å²) < 4.78 is 6.55. The molecule has 0 N–H and O–H groups in total. The van der Waals surface area contributed by atoms with Crippen molar-refractivity contribution in [2.45, 2.75) is 25.9 Å². The highest BCUT2D eigenvalue weighted by atomic mass is 79.9. The molecule has 1 amide bonds. The van der Waals surface area contributed by atoms with E-state index in [1.165, 1.54) is 0 Å². The predicted octanol–water partition coefficient (Wildman–Crippen LogP) is 1.92. The first-order valence-corrected chi connectivity index (χ1v) is 6.21. The van der Waals surface area contributed by atoms with E-state index in [9.17, 15) is 4.79 Å². The zero-order valence-electron chi connectivity index (χ0n) is 8.91. The van der Waals surface area contributed by atoms with Crippen LogP contribution in [0.5, 0.6) is 0 Å². The van der Waals surface area contributed by atoms with Crippen LogP contribution in [0.1, 0.15) is 19.8 Å². The third-order valence-corrected chi connectivity index (χ3v) is 3.54. The molecule has 1 fully saturated rings. The third-order valence-electron chi connectivity index (χ3n) is 2.97. The quantitative estimate of drug-likeness (QED) is 0.731. The van der Waals surface area contributed by atoms with Crippen molar-refractivity contribution in [3.63, 3.8) is 0 Å². The van der Waals surface area contributed by atoms with Gasteiger partial charge in [0, 0.05) is 11.0 Å². The largest absolute Gasteiger partial charge is 0.378 e. The maximum Gasteiger partial charge on any atom is 0.228 e. The minimum atomic E-state index is 0.0819. The fraction of sp³-hybridized carbons (Fsp3) is 0.727. The first-order chi connectivity index (χ1) is 7.16. The summed E-state index contributed by atoms with van der Waals surface area (Å²) in [6.45, 7) is 4.19. The number of amides is 1. The van der Waals surface area contributed by atoms with Crippen molar-refractivity contribution in [2.75, 3.05) is 19.7 Å². The predicted molar refractivity (Wildman–Crippen MR) is 61.7 cm³/mol. The molecule has 2 atom stereocenters. The van der Waals surface area contributed by atoms with Gasteiger partial charge in [-0.05, 0) is 19.8 Å². The van der Waals surface area contributed by atoms with Gasteiger partial charge < -0.3 is 9.64 Å². The first-order valence-electron chi connectivity index (χ1n) is 5.41. The molecule has 0 radical (unpaired) electrons. The highest BCUT2D eigenvalue weighted by molar-refractivity contribution is 9.11. The molecule has 0 saturated carbocycles. The summed E-state index contributed by atoms with van der Waals surface area (Å²) in [6.07, 6.45) is 4.20. The average Bonchev–Trinajstić information content (AvgIpc) is 2.64. The summed E-state index contributed by atoms with van der Waals surface area (Å²) in [6, 6.07) is 0. The van der Waals surface area contributed by atoms with Gasteiger partial charge in [0.1, 0.15) is 0 Å². The lowest BCUT2D eigenvalue weighted by Gasteiger charge is -2.27. The molecule has 0 spiro atoms.